The molecule has 0 unspecified atom stereocenters. The molecule has 0 spiro atoms. The van der Waals surface area contributed by atoms with Crippen molar-refractivity contribution in [1.29, 1.82) is 0 Å². The molecule has 0 aromatic heterocycles. The number of carboxylic acid groups (broad SMARTS) is 1. The van der Waals surface area contributed by atoms with Gasteiger partial charge in [0.05, 0.1) is 11.1 Å². The largest absolute Gasteiger partial charge is 0.482 e. The number of carboxylic acids is 1. The van der Waals surface area contributed by atoms with Gasteiger partial charge in [-0.25, -0.2) is 18.6 Å². The molecule has 10 heteroatoms. The maximum atomic E-state index is 12.3. The molecule has 0 aliphatic carbocycles. The van der Waals surface area contributed by atoms with Crippen LogP contribution >= 0.6 is 0 Å². The van der Waals surface area contributed by atoms with Crippen LogP contribution in [0.1, 0.15) is 15.9 Å². The van der Waals surface area contributed by atoms with E-state index in [1.165, 1.54) is 42.6 Å². The van der Waals surface area contributed by atoms with Crippen molar-refractivity contribution < 1.29 is 27.9 Å². The average molecular weight is 453 g/mol. The molecule has 0 aliphatic heterocycles. The van der Waals surface area contributed by atoms with Gasteiger partial charge in [0.25, 0.3) is 15.9 Å². The van der Waals surface area contributed by atoms with Crippen molar-refractivity contribution in [3.05, 3.63) is 90.0 Å². The number of hydrogen-bond donors (Lipinski definition) is 3. The van der Waals surface area contributed by atoms with Crippen LogP contribution in [-0.2, 0) is 14.8 Å². The van der Waals surface area contributed by atoms with Crippen molar-refractivity contribution in [2.24, 2.45) is 5.10 Å². The van der Waals surface area contributed by atoms with Gasteiger partial charge in [0.2, 0.25) is 0 Å². The van der Waals surface area contributed by atoms with Gasteiger partial charge >= 0.3 is 5.97 Å². The summed E-state index contributed by atoms with van der Waals surface area (Å²) < 4.78 is 32.2. The van der Waals surface area contributed by atoms with Crippen molar-refractivity contribution >= 4 is 33.8 Å². The van der Waals surface area contributed by atoms with Gasteiger partial charge in [-0.05, 0) is 66.2 Å². The second kappa shape index (κ2) is 10.2. The smallest absolute Gasteiger partial charge is 0.341 e. The molecule has 0 heterocycles. The van der Waals surface area contributed by atoms with Crippen molar-refractivity contribution in [3.8, 4) is 5.75 Å². The zero-order valence-electron chi connectivity index (χ0n) is 16.6. The number of aliphatic carboxylic acids is 1. The SMILES string of the molecule is O=C(O)COc1ccc(/C=N\NC(=O)c2ccc(NS(=O)(=O)c3ccccc3)cc2)cc1. The Hall–Kier alpha value is -4.18. The highest BCUT2D eigenvalue weighted by Crippen LogP contribution is 2.16. The third-order valence-corrected chi connectivity index (χ3v) is 5.47. The minimum absolute atomic E-state index is 0.137. The van der Waals surface area contributed by atoms with Crippen molar-refractivity contribution in [1.82, 2.24) is 5.43 Å². The number of anilines is 1. The zero-order valence-corrected chi connectivity index (χ0v) is 17.5. The quantitative estimate of drug-likeness (QED) is 0.337. The van der Waals surface area contributed by atoms with Gasteiger partial charge in [-0.2, -0.15) is 5.10 Å². The van der Waals surface area contributed by atoms with Gasteiger partial charge < -0.3 is 9.84 Å². The van der Waals surface area contributed by atoms with Crippen LogP contribution in [0.2, 0.25) is 0 Å². The first-order chi connectivity index (χ1) is 15.3. The Balaban J connectivity index is 1.55. The molecule has 0 atom stereocenters. The van der Waals surface area contributed by atoms with Gasteiger partial charge in [-0.3, -0.25) is 9.52 Å². The molecule has 1 amide bonds. The van der Waals surface area contributed by atoms with Gasteiger partial charge in [-0.1, -0.05) is 18.2 Å². The fraction of sp³-hybridized carbons (Fsp3) is 0.0455. The third kappa shape index (κ3) is 6.41. The molecule has 3 rings (SSSR count). The number of carbonyl (C=O) groups excluding carboxylic acids is 1. The highest BCUT2D eigenvalue weighted by molar-refractivity contribution is 7.92. The molecule has 3 N–H and O–H groups in total. The van der Waals surface area contributed by atoms with Crippen molar-refractivity contribution in [2.75, 3.05) is 11.3 Å². The Morgan fingerprint density at radius 3 is 2.22 bits per heavy atom. The average Bonchev–Trinajstić information content (AvgIpc) is 2.79. The number of rotatable bonds is 9. The lowest BCUT2D eigenvalue weighted by Gasteiger charge is -2.08. The summed E-state index contributed by atoms with van der Waals surface area (Å²) in [5.74, 6) is -1.14. The molecule has 3 aromatic rings. The van der Waals surface area contributed by atoms with E-state index in [1.807, 2.05) is 0 Å². The Labute approximate surface area is 184 Å². The molecule has 0 saturated heterocycles. The Morgan fingerprint density at radius 1 is 0.938 bits per heavy atom. The van der Waals surface area contributed by atoms with E-state index in [9.17, 15) is 18.0 Å². The molecule has 164 valence electrons. The number of hydrazone groups is 1. The van der Waals surface area contributed by atoms with E-state index in [4.69, 9.17) is 9.84 Å². The van der Waals surface area contributed by atoms with Gasteiger partial charge in [0, 0.05) is 11.3 Å². The van der Waals surface area contributed by atoms with Crippen LogP contribution in [-0.4, -0.2) is 38.2 Å². The first-order valence-corrected chi connectivity index (χ1v) is 10.8. The number of benzene rings is 3. The summed E-state index contributed by atoms with van der Waals surface area (Å²) in [6.07, 6.45) is 1.42. The molecule has 0 bridgehead atoms. The summed E-state index contributed by atoms with van der Waals surface area (Å²) in [6, 6.07) is 20.3. The normalized spacial score (nSPS) is 11.1. The fourth-order valence-electron chi connectivity index (χ4n) is 2.53. The summed E-state index contributed by atoms with van der Waals surface area (Å²) in [6.45, 7) is -0.435. The van der Waals surface area contributed by atoms with Crippen LogP contribution in [0.4, 0.5) is 5.69 Å². The molecule has 3 aromatic carbocycles. The lowest BCUT2D eigenvalue weighted by molar-refractivity contribution is -0.139. The first kappa shape index (κ1) is 22.5. The van der Waals surface area contributed by atoms with Crippen LogP contribution in [0, 0.1) is 0 Å². The monoisotopic (exact) mass is 453 g/mol. The minimum atomic E-state index is -3.71. The molecule has 0 saturated carbocycles. The summed E-state index contributed by atoms with van der Waals surface area (Å²) in [7, 11) is -3.71. The standard InChI is InChI=1S/C22H19N3O6S/c26-21(27)15-31-19-12-6-16(7-13-19)14-23-24-22(28)17-8-10-18(11-9-17)25-32(29,30)20-4-2-1-3-5-20/h1-14,25H,15H2,(H,24,28)(H,26,27)/b23-14-. The van der Waals surface area contributed by atoms with Crippen LogP contribution in [0.5, 0.6) is 5.75 Å². The number of sulfonamides is 1. The Bertz CT molecular complexity index is 1210. The number of carbonyl (C=O) groups is 2. The number of amides is 1. The highest BCUT2D eigenvalue weighted by atomic mass is 32.2. The van der Waals surface area contributed by atoms with Crippen molar-refractivity contribution in [2.45, 2.75) is 4.90 Å². The Morgan fingerprint density at radius 2 is 1.59 bits per heavy atom. The van der Waals surface area contributed by atoms with Gasteiger partial charge in [0.1, 0.15) is 5.75 Å². The lowest BCUT2D eigenvalue weighted by Crippen LogP contribution is -2.18. The molecule has 9 nitrogen and oxygen atoms in total. The van der Waals surface area contributed by atoms with E-state index in [0.29, 0.717) is 22.6 Å². The number of nitrogens with zero attached hydrogens (tertiary/aromatic N) is 1. The van der Waals surface area contributed by atoms with E-state index in [1.54, 1.807) is 42.5 Å². The third-order valence-electron chi connectivity index (χ3n) is 4.07. The predicted octanol–water partition coefficient (Wildman–Crippen LogP) is 2.71. The molecule has 32 heavy (non-hydrogen) atoms. The minimum Gasteiger partial charge on any atom is -0.482 e. The van der Waals surface area contributed by atoms with Crippen LogP contribution in [0.3, 0.4) is 0 Å². The fourth-order valence-corrected chi connectivity index (χ4v) is 3.61. The molecule has 0 radical (unpaired) electrons. The maximum Gasteiger partial charge on any atom is 0.341 e. The van der Waals surface area contributed by atoms with Crippen LogP contribution < -0.4 is 14.9 Å². The number of hydrogen-bond acceptors (Lipinski definition) is 6. The number of ether oxygens (including phenoxy) is 1. The highest BCUT2D eigenvalue weighted by Gasteiger charge is 2.13. The van der Waals surface area contributed by atoms with E-state index < -0.39 is 28.5 Å². The van der Waals surface area contributed by atoms with E-state index in [0.717, 1.165) is 0 Å². The molecular formula is C22H19N3O6S. The van der Waals surface area contributed by atoms with Crippen molar-refractivity contribution in [3.63, 3.8) is 0 Å². The van der Waals surface area contributed by atoms with Gasteiger partial charge in [-0.15, -0.1) is 0 Å². The summed E-state index contributed by atoms with van der Waals surface area (Å²) in [5.41, 5.74) is 3.66. The molecular weight excluding hydrogens is 434 g/mol. The summed E-state index contributed by atoms with van der Waals surface area (Å²) >= 11 is 0. The van der Waals surface area contributed by atoms with E-state index in [-0.39, 0.29) is 4.90 Å². The molecule has 0 fully saturated rings. The second-order valence-electron chi connectivity index (χ2n) is 6.45. The first-order valence-electron chi connectivity index (χ1n) is 9.29. The maximum absolute atomic E-state index is 12.3. The summed E-state index contributed by atoms with van der Waals surface area (Å²) in [5, 5.41) is 12.5. The number of nitrogens with one attached hydrogen (secondary N) is 2. The topological polar surface area (TPSA) is 134 Å². The zero-order chi connectivity index (χ0) is 23.0. The Kier molecular flexibility index (Phi) is 7.19. The predicted molar refractivity (Wildman–Crippen MR) is 118 cm³/mol. The van der Waals surface area contributed by atoms with Crippen LogP contribution in [0.15, 0.2) is 88.9 Å². The summed E-state index contributed by atoms with van der Waals surface area (Å²) in [4.78, 5) is 22.8. The van der Waals surface area contributed by atoms with E-state index >= 15 is 0 Å². The van der Waals surface area contributed by atoms with E-state index in [2.05, 4.69) is 15.2 Å². The van der Waals surface area contributed by atoms with Crippen LogP contribution in [0.25, 0.3) is 0 Å². The second-order valence-corrected chi connectivity index (χ2v) is 8.13. The molecule has 0 aliphatic rings. The lowest BCUT2D eigenvalue weighted by atomic mass is 10.2. The van der Waals surface area contributed by atoms with Gasteiger partial charge in [0.15, 0.2) is 6.61 Å².